The highest BCUT2D eigenvalue weighted by Gasteiger charge is 2.45. The van der Waals surface area contributed by atoms with E-state index >= 15 is 0 Å². The number of amides is 3. The van der Waals surface area contributed by atoms with Gasteiger partial charge in [0.25, 0.3) is 5.91 Å². The van der Waals surface area contributed by atoms with Crippen molar-refractivity contribution >= 4 is 46.5 Å². The van der Waals surface area contributed by atoms with Gasteiger partial charge < -0.3 is 29.8 Å². The lowest BCUT2D eigenvalue weighted by Gasteiger charge is -2.40. The van der Waals surface area contributed by atoms with Crippen LogP contribution in [0.15, 0.2) is 35.1 Å². The Morgan fingerprint density at radius 2 is 1.88 bits per heavy atom. The molecule has 4 N–H and O–H groups in total. The minimum Gasteiger partial charge on any atom is -0.465 e. The van der Waals surface area contributed by atoms with Gasteiger partial charge in [-0.2, -0.15) is 13.2 Å². The predicted molar refractivity (Wildman–Crippen MR) is 142 cm³/mol. The fourth-order valence-corrected chi connectivity index (χ4v) is 4.53. The number of nitrogens with zero attached hydrogens (tertiary/aromatic N) is 3. The average Bonchev–Trinajstić information content (AvgIpc) is 3.18. The molecule has 3 aromatic rings. The number of aromatic nitrogens is 2. The number of ether oxygens (including phenoxy) is 1. The molecule has 1 aliphatic rings. The maximum Gasteiger partial charge on any atom is 0.414 e. The summed E-state index contributed by atoms with van der Waals surface area (Å²) in [6, 6.07) is 2.02. The summed E-state index contributed by atoms with van der Waals surface area (Å²) >= 11 is 0. The van der Waals surface area contributed by atoms with Crippen molar-refractivity contribution in [3.8, 4) is 0 Å². The molecule has 0 radical (unpaired) electrons. The fourth-order valence-electron chi connectivity index (χ4n) is 4.53. The molecule has 1 aliphatic heterocycles. The molecule has 220 valence electrons. The first kappa shape index (κ1) is 29.4. The number of carbonyl (C=O) groups excluding carboxylic acids is 2. The number of pyridine rings is 2. The van der Waals surface area contributed by atoms with Gasteiger partial charge in [0.2, 0.25) is 5.88 Å². The molecule has 2 atom stereocenters. The van der Waals surface area contributed by atoms with Crippen molar-refractivity contribution in [1.82, 2.24) is 15.3 Å². The second kappa shape index (κ2) is 11.1. The lowest BCUT2D eigenvalue weighted by molar-refractivity contribution is -0.177. The zero-order chi connectivity index (χ0) is 30.1. The van der Waals surface area contributed by atoms with Crippen molar-refractivity contribution in [2.45, 2.75) is 51.9 Å². The maximum atomic E-state index is 13.7. The largest absolute Gasteiger partial charge is 0.465 e. The molecule has 1 saturated heterocycles. The van der Waals surface area contributed by atoms with E-state index in [1.54, 1.807) is 33.8 Å². The fraction of sp³-hybridized carbons (Fsp3) is 0.423. The molecule has 0 aliphatic carbocycles. The molecular weight excluding hydrogens is 549 g/mol. The first-order chi connectivity index (χ1) is 19.1. The number of aryl methyl sites for hydroxylation is 1. The normalized spacial score (nSPS) is 17.7. The highest BCUT2D eigenvalue weighted by Crippen LogP contribution is 2.37. The lowest BCUT2D eigenvalue weighted by Crippen LogP contribution is -2.53. The molecule has 3 amide bonds. The van der Waals surface area contributed by atoms with E-state index in [4.69, 9.17) is 14.3 Å². The number of hydrogen-bond donors (Lipinski definition) is 4. The number of carboxylic acid groups (broad SMARTS) is 1. The second-order valence-corrected chi connectivity index (χ2v) is 10.7. The Hall–Kier alpha value is -4.56. The highest BCUT2D eigenvalue weighted by atomic mass is 19.4. The minimum atomic E-state index is -4.57. The summed E-state index contributed by atoms with van der Waals surface area (Å²) in [5, 5.41) is 16.3. The Balaban J connectivity index is 1.67. The van der Waals surface area contributed by atoms with Gasteiger partial charge in [0, 0.05) is 25.5 Å². The van der Waals surface area contributed by atoms with Gasteiger partial charge in [-0.25, -0.2) is 9.59 Å². The van der Waals surface area contributed by atoms with Gasteiger partial charge in [-0.15, -0.1) is 0 Å². The third-order valence-electron chi connectivity index (χ3n) is 6.13. The number of hydrogen-bond acceptors (Lipinski definition) is 8. The molecule has 0 spiro atoms. The standard InChI is InChI=1S/C26H29F3N6O6/c1-13-7-18-20(31-9-13)19(22(40-18)34-24(39)41-25(2,3)4)21(36)33-16-10-30-6-5-17(16)35-11-14(26(27,28)29)8-15(12-35)32-23(37)38/h5-7,9-10,14-15,32H,8,11-12H2,1-4H3,(H,33,36)(H,34,39)(H,37,38)/t14-,15+/m1/s1. The number of rotatable bonds is 5. The molecule has 1 fully saturated rings. The molecule has 41 heavy (non-hydrogen) atoms. The van der Waals surface area contributed by atoms with E-state index in [1.807, 2.05) is 0 Å². The van der Waals surface area contributed by atoms with Crippen LogP contribution in [0.3, 0.4) is 0 Å². The Morgan fingerprint density at radius 3 is 2.54 bits per heavy atom. The number of alkyl halides is 3. The summed E-state index contributed by atoms with van der Waals surface area (Å²) in [5.41, 5.74) is 0.332. The number of fused-ring (bicyclic) bond motifs is 1. The van der Waals surface area contributed by atoms with E-state index in [0.29, 0.717) is 0 Å². The Labute approximate surface area is 232 Å². The van der Waals surface area contributed by atoms with Gasteiger partial charge in [0.05, 0.1) is 29.5 Å². The van der Waals surface area contributed by atoms with Crippen molar-refractivity contribution in [1.29, 1.82) is 0 Å². The van der Waals surface area contributed by atoms with Crippen LogP contribution >= 0.6 is 0 Å². The van der Waals surface area contributed by atoms with Gasteiger partial charge in [-0.05, 0) is 51.8 Å². The van der Waals surface area contributed by atoms with Crippen molar-refractivity contribution in [2.75, 3.05) is 28.6 Å². The summed E-state index contributed by atoms with van der Waals surface area (Å²) in [6.45, 7) is 6.20. The zero-order valence-corrected chi connectivity index (χ0v) is 22.6. The van der Waals surface area contributed by atoms with Crippen molar-refractivity contribution in [3.63, 3.8) is 0 Å². The Kier molecular flexibility index (Phi) is 7.99. The van der Waals surface area contributed by atoms with Gasteiger partial charge in [0.1, 0.15) is 16.7 Å². The van der Waals surface area contributed by atoms with E-state index in [2.05, 4.69) is 25.9 Å². The summed E-state index contributed by atoms with van der Waals surface area (Å²) < 4.78 is 52.2. The molecular formula is C26H29F3N6O6. The van der Waals surface area contributed by atoms with Gasteiger partial charge in [0.15, 0.2) is 5.58 Å². The Bertz CT molecular complexity index is 1470. The Morgan fingerprint density at radius 1 is 1.15 bits per heavy atom. The number of halogens is 3. The topological polar surface area (TPSA) is 159 Å². The van der Waals surface area contributed by atoms with Crippen LogP contribution in [0.1, 0.15) is 43.1 Å². The van der Waals surface area contributed by atoms with Crippen LogP contribution in [-0.4, -0.2) is 64.1 Å². The summed E-state index contributed by atoms with van der Waals surface area (Å²) in [4.78, 5) is 46.9. The molecule has 0 unspecified atom stereocenters. The smallest absolute Gasteiger partial charge is 0.414 e. The van der Waals surface area contributed by atoms with Crippen LogP contribution in [0, 0.1) is 12.8 Å². The quantitative estimate of drug-likeness (QED) is 0.321. The van der Waals surface area contributed by atoms with E-state index in [0.717, 1.165) is 5.56 Å². The molecule has 4 rings (SSSR count). The number of carbonyl (C=O) groups is 3. The lowest BCUT2D eigenvalue weighted by atomic mass is 9.93. The number of anilines is 3. The van der Waals surface area contributed by atoms with Crippen LogP contribution in [0.4, 0.5) is 40.0 Å². The highest BCUT2D eigenvalue weighted by molar-refractivity contribution is 6.16. The van der Waals surface area contributed by atoms with Crippen molar-refractivity contribution in [3.05, 3.63) is 41.9 Å². The van der Waals surface area contributed by atoms with Crippen molar-refractivity contribution in [2.24, 2.45) is 5.92 Å². The summed E-state index contributed by atoms with van der Waals surface area (Å²) in [5.74, 6) is -2.85. The number of piperidine rings is 1. The first-order valence-corrected chi connectivity index (χ1v) is 12.6. The molecule has 3 aromatic heterocycles. The maximum absolute atomic E-state index is 13.7. The third kappa shape index (κ3) is 7.15. The van der Waals surface area contributed by atoms with Gasteiger partial charge >= 0.3 is 18.4 Å². The monoisotopic (exact) mass is 578 g/mol. The first-order valence-electron chi connectivity index (χ1n) is 12.6. The SMILES string of the molecule is Cc1cnc2c(C(=O)Nc3cnccc3N3C[C@@H](NC(=O)O)C[C@@H](C(F)(F)F)C3)c(NC(=O)OC(C)(C)C)oc2c1. The summed E-state index contributed by atoms with van der Waals surface area (Å²) in [6.07, 6.45) is -3.23. The minimum absolute atomic E-state index is 0.0547. The van der Waals surface area contributed by atoms with Crippen LogP contribution in [0.25, 0.3) is 11.1 Å². The van der Waals surface area contributed by atoms with Crippen LogP contribution in [0.2, 0.25) is 0 Å². The summed E-state index contributed by atoms with van der Waals surface area (Å²) in [7, 11) is 0. The van der Waals surface area contributed by atoms with E-state index in [1.165, 1.54) is 29.6 Å². The van der Waals surface area contributed by atoms with E-state index in [-0.39, 0.29) is 40.5 Å². The molecule has 4 heterocycles. The second-order valence-electron chi connectivity index (χ2n) is 10.7. The predicted octanol–water partition coefficient (Wildman–Crippen LogP) is 5.16. The van der Waals surface area contributed by atoms with Crippen LogP contribution < -0.4 is 20.9 Å². The number of furan rings is 1. The third-order valence-corrected chi connectivity index (χ3v) is 6.13. The number of nitrogens with one attached hydrogen (secondary N) is 3. The molecule has 0 saturated carbocycles. The van der Waals surface area contributed by atoms with Crippen molar-refractivity contribution < 1.29 is 41.8 Å². The van der Waals surface area contributed by atoms with Crippen LogP contribution in [-0.2, 0) is 4.74 Å². The molecule has 15 heteroatoms. The van der Waals surface area contributed by atoms with E-state index in [9.17, 15) is 27.6 Å². The molecule has 0 aromatic carbocycles. The van der Waals surface area contributed by atoms with Crippen LogP contribution in [0.5, 0.6) is 0 Å². The van der Waals surface area contributed by atoms with E-state index < -0.39 is 54.8 Å². The molecule has 0 bridgehead atoms. The average molecular weight is 579 g/mol. The molecule has 12 nitrogen and oxygen atoms in total. The van der Waals surface area contributed by atoms with Gasteiger partial charge in [-0.1, -0.05) is 0 Å². The van der Waals surface area contributed by atoms with Gasteiger partial charge in [-0.3, -0.25) is 20.1 Å². The zero-order valence-electron chi connectivity index (χ0n) is 22.6.